The quantitative estimate of drug-likeness (QED) is 0.550. The normalized spacial score (nSPS) is 19.4. The second-order valence-corrected chi connectivity index (χ2v) is 5.54. The molecular formula is C10H14N2O4S. The van der Waals surface area contributed by atoms with Crippen LogP contribution >= 0.6 is 0 Å². The van der Waals surface area contributed by atoms with Gasteiger partial charge in [-0.2, -0.15) is 12.7 Å². The minimum atomic E-state index is -3.85. The number of rotatable bonds is 3. The molecule has 0 aromatic heterocycles. The van der Waals surface area contributed by atoms with Gasteiger partial charge in [0.15, 0.2) is 5.78 Å². The molecule has 1 rings (SSSR count). The Kier molecular flexibility index (Phi) is 3.84. The molecule has 94 valence electrons. The Balaban J connectivity index is 2.96. The van der Waals surface area contributed by atoms with Crippen LogP contribution in [0.1, 0.15) is 13.8 Å². The predicted octanol–water partition coefficient (Wildman–Crippen LogP) is 0.641. The summed E-state index contributed by atoms with van der Waals surface area (Å²) < 4.78 is 28.0. The Morgan fingerprint density at radius 3 is 2.29 bits per heavy atom. The Morgan fingerprint density at radius 1 is 1.18 bits per heavy atom. The Morgan fingerprint density at radius 2 is 1.76 bits per heavy atom. The van der Waals surface area contributed by atoms with Crippen molar-refractivity contribution in [2.24, 2.45) is 5.16 Å². The zero-order chi connectivity index (χ0) is 13.2. The van der Waals surface area contributed by atoms with Crippen LogP contribution in [0.5, 0.6) is 0 Å². The van der Waals surface area contributed by atoms with E-state index in [4.69, 9.17) is 0 Å². The van der Waals surface area contributed by atoms with Gasteiger partial charge in [-0.25, -0.2) is 0 Å². The van der Waals surface area contributed by atoms with Crippen LogP contribution in [0.4, 0.5) is 0 Å². The average molecular weight is 258 g/mol. The Bertz CT molecular complexity index is 527. The van der Waals surface area contributed by atoms with Gasteiger partial charge >= 0.3 is 10.3 Å². The first-order valence-corrected chi connectivity index (χ1v) is 6.21. The van der Waals surface area contributed by atoms with Gasteiger partial charge in [-0.3, -0.25) is 9.08 Å². The molecule has 0 atom stereocenters. The van der Waals surface area contributed by atoms with Crippen LogP contribution in [0, 0.1) is 0 Å². The van der Waals surface area contributed by atoms with Crippen LogP contribution in [-0.2, 0) is 19.4 Å². The Hall–Kier alpha value is -1.47. The van der Waals surface area contributed by atoms with Crippen LogP contribution in [0.2, 0.25) is 0 Å². The molecule has 0 saturated carbocycles. The molecule has 0 N–H and O–H groups in total. The highest BCUT2D eigenvalue weighted by atomic mass is 32.2. The number of hydrogen-bond donors (Lipinski definition) is 0. The number of carbonyl (C=O) groups is 1. The summed E-state index contributed by atoms with van der Waals surface area (Å²) in [5.74, 6) is -0.114. The van der Waals surface area contributed by atoms with E-state index in [0.29, 0.717) is 16.9 Å². The van der Waals surface area contributed by atoms with Crippen LogP contribution in [0.15, 0.2) is 28.5 Å². The number of ketones is 1. The third-order valence-electron chi connectivity index (χ3n) is 2.17. The first-order chi connectivity index (χ1) is 7.74. The fourth-order valence-electron chi connectivity index (χ4n) is 1.03. The van der Waals surface area contributed by atoms with Crippen LogP contribution in [-0.4, -0.2) is 38.3 Å². The van der Waals surface area contributed by atoms with Crippen molar-refractivity contribution in [2.75, 3.05) is 14.1 Å². The van der Waals surface area contributed by atoms with Gasteiger partial charge in [-0.1, -0.05) is 5.16 Å². The number of nitrogens with zero attached hydrogens (tertiary/aromatic N) is 2. The highest BCUT2D eigenvalue weighted by Gasteiger charge is 2.17. The summed E-state index contributed by atoms with van der Waals surface area (Å²) in [5, 5.41) is 3.53. The van der Waals surface area contributed by atoms with E-state index >= 15 is 0 Å². The molecule has 0 heterocycles. The third kappa shape index (κ3) is 3.24. The first-order valence-electron chi connectivity index (χ1n) is 4.84. The van der Waals surface area contributed by atoms with E-state index < -0.39 is 10.3 Å². The van der Waals surface area contributed by atoms with Gasteiger partial charge in [0.1, 0.15) is 5.71 Å². The molecule has 0 spiro atoms. The van der Waals surface area contributed by atoms with Crippen molar-refractivity contribution >= 4 is 21.8 Å². The summed E-state index contributed by atoms with van der Waals surface area (Å²) in [6, 6.07) is 0. The lowest BCUT2D eigenvalue weighted by Gasteiger charge is -2.11. The number of oxime groups is 1. The maximum absolute atomic E-state index is 11.3. The average Bonchev–Trinajstić information content (AvgIpc) is 2.21. The summed E-state index contributed by atoms with van der Waals surface area (Å²) in [6.07, 6.45) is 2.88. The fraction of sp³-hybridized carbons (Fsp3) is 0.400. The van der Waals surface area contributed by atoms with Gasteiger partial charge in [0, 0.05) is 14.1 Å². The second-order valence-electron chi connectivity index (χ2n) is 3.81. The Labute approximate surface area is 100 Å². The standard InChI is InChI=1S/C10H14N2O4S/c1-7-6-10(13)8(2)5-9(7)11-16-17(14,15)12(3)4/h5-6H,1-4H3. The summed E-state index contributed by atoms with van der Waals surface area (Å²) in [6.45, 7) is 3.28. The van der Waals surface area contributed by atoms with E-state index in [1.54, 1.807) is 13.8 Å². The third-order valence-corrected chi connectivity index (χ3v) is 3.33. The van der Waals surface area contributed by atoms with Crippen molar-refractivity contribution in [3.05, 3.63) is 23.3 Å². The van der Waals surface area contributed by atoms with Gasteiger partial charge in [-0.15, -0.1) is 0 Å². The van der Waals surface area contributed by atoms with E-state index in [2.05, 4.69) is 9.44 Å². The van der Waals surface area contributed by atoms with Crippen molar-refractivity contribution in [1.82, 2.24) is 4.31 Å². The number of carbonyl (C=O) groups excluding carboxylic acids is 1. The molecule has 0 aromatic rings. The molecular weight excluding hydrogens is 244 g/mol. The van der Waals surface area contributed by atoms with Gasteiger partial charge in [-0.05, 0) is 37.1 Å². The van der Waals surface area contributed by atoms with Crippen LogP contribution in [0.3, 0.4) is 0 Å². The van der Waals surface area contributed by atoms with E-state index in [1.165, 1.54) is 26.2 Å². The molecule has 0 unspecified atom stereocenters. The van der Waals surface area contributed by atoms with E-state index in [9.17, 15) is 13.2 Å². The van der Waals surface area contributed by atoms with Gasteiger partial charge in [0.05, 0.1) is 0 Å². The molecule has 17 heavy (non-hydrogen) atoms. The van der Waals surface area contributed by atoms with E-state index in [-0.39, 0.29) is 5.78 Å². The van der Waals surface area contributed by atoms with E-state index in [0.717, 1.165) is 4.31 Å². The summed E-state index contributed by atoms with van der Waals surface area (Å²) in [4.78, 5) is 11.3. The molecule has 0 bridgehead atoms. The zero-order valence-corrected chi connectivity index (χ0v) is 10.9. The summed E-state index contributed by atoms with van der Waals surface area (Å²) in [5.41, 5.74) is 1.38. The number of hydrogen-bond acceptors (Lipinski definition) is 5. The summed E-state index contributed by atoms with van der Waals surface area (Å²) in [7, 11) is -1.17. The largest absolute Gasteiger partial charge is 0.404 e. The van der Waals surface area contributed by atoms with Crippen molar-refractivity contribution in [3.63, 3.8) is 0 Å². The van der Waals surface area contributed by atoms with Crippen LogP contribution < -0.4 is 0 Å². The first kappa shape index (κ1) is 13.6. The lowest BCUT2D eigenvalue weighted by Crippen LogP contribution is -2.23. The second kappa shape index (κ2) is 4.80. The lowest BCUT2D eigenvalue weighted by atomic mass is 9.99. The molecule has 6 nitrogen and oxygen atoms in total. The predicted molar refractivity (Wildman–Crippen MR) is 63.6 cm³/mol. The van der Waals surface area contributed by atoms with Crippen molar-refractivity contribution in [3.8, 4) is 0 Å². The zero-order valence-electron chi connectivity index (χ0n) is 10.1. The molecule has 1 aliphatic carbocycles. The molecule has 1 aliphatic rings. The molecule has 0 saturated heterocycles. The van der Waals surface area contributed by atoms with Crippen molar-refractivity contribution in [1.29, 1.82) is 0 Å². The van der Waals surface area contributed by atoms with Gasteiger partial charge in [0.25, 0.3) is 0 Å². The minimum Gasteiger partial charge on any atom is -0.290 e. The molecule has 0 fully saturated rings. The molecule has 0 radical (unpaired) electrons. The maximum atomic E-state index is 11.3. The minimum absolute atomic E-state index is 0.114. The number of allylic oxidation sites excluding steroid dienone is 4. The van der Waals surface area contributed by atoms with Gasteiger partial charge in [0.2, 0.25) is 0 Å². The smallest absolute Gasteiger partial charge is 0.290 e. The van der Waals surface area contributed by atoms with E-state index in [1.807, 2.05) is 0 Å². The van der Waals surface area contributed by atoms with Crippen LogP contribution in [0.25, 0.3) is 0 Å². The van der Waals surface area contributed by atoms with Gasteiger partial charge < -0.3 is 0 Å². The molecule has 0 aromatic carbocycles. The molecule has 0 aliphatic heterocycles. The molecule has 0 amide bonds. The fourth-order valence-corrected chi connectivity index (χ4v) is 1.33. The monoisotopic (exact) mass is 258 g/mol. The SMILES string of the molecule is CC1=CC(=NOS(=O)(=O)N(C)C)C(C)=CC1=O. The highest BCUT2D eigenvalue weighted by Crippen LogP contribution is 2.13. The maximum Gasteiger partial charge on any atom is 0.404 e. The highest BCUT2D eigenvalue weighted by molar-refractivity contribution is 7.84. The molecule has 7 heteroatoms. The summed E-state index contributed by atoms with van der Waals surface area (Å²) >= 11 is 0. The topological polar surface area (TPSA) is 76.0 Å². The van der Waals surface area contributed by atoms with Crippen molar-refractivity contribution < 1.29 is 17.5 Å². The lowest BCUT2D eigenvalue weighted by molar-refractivity contribution is -0.111. The van der Waals surface area contributed by atoms with Crippen molar-refractivity contribution in [2.45, 2.75) is 13.8 Å².